The fourth-order valence-corrected chi connectivity index (χ4v) is 3.00. The highest BCUT2D eigenvalue weighted by Crippen LogP contribution is 2.20. The zero-order valence-electron chi connectivity index (χ0n) is 13.8. The number of hydrogen-bond donors (Lipinski definition) is 1. The molecule has 0 aliphatic heterocycles. The van der Waals surface area contributed by atoms with E-state index in [-0.39, 0.29) is 11.9 Å². The van der Waals surface area contributed by atoms with Gasteiger partial charge in [-0.3, -0.25) is 4.79 Å². The molecule has 1 aromatic carbocycles. The third-order valence-electron chi connectivity index (χ3n) is 3.43. The fourth-order valence-electron chi connectivity index (χ4n) is 2.37. The molecule has 0 spiro atoms. The Morgan fingerprint density at radius 1 is 1.30 bits per heavy atom. The van der Waals surface area contributed by atoms with Crippen LogP contribution < -0.4 is 5.32 Å². The maximum Gasteiger partial charge on any atom is 0.254 e. The first-order valence-corrected chi connectivity index (χ1v) is 8.64. The summed E-state index contributed by atoms with van der Waals surface area (Å²) in [7, 11) is 1.53. The molecule has 1 amide bonds. The van der Waals surface area contributed by atoms with E-state index in [2.05, 4.69) is 29.4 Å². The van der Waals surface area contributed by atoms with Crippen molar-refractivity contribution in [1.29, 1.82) is 0 Å². The molecule has 7 heteroatoms. The number of thioether (sulfide) groups is 1. The van der Waals surface area contributed by atoms with Gasteiger partial charge in [0, 0.05) is 13.2 Å². The molecule has 0 bridgehead atoms. The summed E-state index contributed by atoms with van der Waals surface area (Å²) >= 11 is 1.54. The molecule has 1 atom stereocenters. The van der Waals surface area contributed by atoms with Crippen LogP contribution in [0.3, 0.4) is 0 Å². The topological polar surface area (TPSA) is 69.0 Å². The first-order chi connectivity index (χ1) is 11.1. The van der Waals surface area contributed by atoms with Gasteiger partial charge in [-0.15, -0.1) is 10.2 Å². The summed E-state index contributed by atoms with van der Waals surface area (Å²) in [4.78, 5) is 12.4. The SMILES string of the molecule is COC(C(=O)NCc1nnc(SC)n1C(C)C)c1ccccc1. The van der Waals surface area contributed by atoms with Gasteiger partial charge in [0.05, 0.1) is 6.54 Å². The molecule has 2 aromatic rings. The Balaban J connectivity index is 2.08. The summed E-state index contributed by atoms with van der Waals surface area (Å²) in [6, 6.07) is 9.64. The molecule has 0 radical (unpaired) electrons. The van der Waals surface area contributed by atoms with Gasteiger partial charge in [-0.25, -0.2) is 0 Å². The first kappa shape index (κ1) is 17.5. The second kappa shape index (κ2) is 8.12. The molecule has 0 fully saturated rings. The second-order valence-corrected chi connectivity index (χ2v) is 6.08. The molecule has 6 nitrogen and oxygen atoms in total. The Hall–Kier alpha value is -1.86. The number of carbonyl (C=O) groups is 1. The fraction of sp³-hybridized carbons (Fsp3) is 0.438. The van der Waals surface area contributed by atoms with Crippen molar-refractivity contribution in [2.45, 2.75) is 37.7 Å². The van der Waals surface area contributed by atoms with Gasteiger partial charge in [0.1, 0.15) is 0 Å². The highest BCUT2D eigenvalue weighted by Gasteiger charge is 2.21. The molecule has 23 heavy (non-hydrogen) atoms. The predicted molar refractivity (Wildman–Crippen MR) is 90.2 cm³/mol. The minimum absolute atomic E-state index is 0.192. The molecular formula is C16H22N4O2S. The summed E-state index contributed by atoms with van der Waals surface area (Å²) in [5, 5.41) is 12.1. The average molecular weight is 334 g/mol. The summed E-state index contributed by atoms with van der Waals surface area (Å²) in [6.45, 7) is 4.45. The highest BCUT2D eigenvalue weighted by atomic mass is 32.2. The van der Waals surface area contributed by atoms with Crippen molar-refractivity contribution in [1.82, 2.24) is 20.1 Å². The van der Waals surface area contributed by atoms with E-state index in [1.54, 1.807) is 0 Å². The zero-order valence-corrected chi connectivity index (χ0v) is 14.6. The molecule has 0 saturated carbocycles. The molecule has 1 aromatic heterocycles. The van der Waals surface area contributed by atoms with E-state index in [9.17, 15) is 4.79 Å². The minimum atomic E-state index is -0.633. The Morgan fingerprint density at radius 2 is 2.00 bits per heavy atom. The first-order valence-electron chi connectivity index (χ1n) is 7.41. The summed E-state index contributed by atoms with van der Waals surface area (Å²) in [5.74, 6) is 0.545. The van der Waals surface area contributed by atoms with Crippen LogP contribution in [0.4, 0.5) is 0 Å². The normalized spacial score (nSPS) is 12.4. The quantitative estimate of drug-likeness (QED) is 0.788. The van der Waals surface area contributed by atoms with Gasteiger partial charge in [-0.05, 0) is 25.7 Å². The van der Waals surface area contributed by atoms with Crippen molar-refractivity contribution in [3.05, 3.63) is 41.7 Å². The van der Waals surface area contributed by atoms with Gasteiger partial charge >= 0.3 is 0 Å². The smallest absolute Gasteiger partial charge is 0.254 e. The number of nitrogens with zero attached hydrogens (tertiary/aromatic N) is 3. The van der Waals surface area contributed by atoms with Gasteiger partial charge in [0.2, 0.25) is 0 Å². The zero-order chi connectivity index (χ0) is 16.8. The van der Waals surface area contributed by atoms with Gasteiger partial charge in [-0.2, -0.15) is 0 Å². The van der Waals surface area contributed by atoms with Gasteiger partial charge < -0.3 is 14.6 Å². The van der Waals surface area contributed by atoms with Crippen LogP contribution in [0.1, 0.15) is 37.4 Å². The molecule has 124 valence electrons. The van der Waals surface area contributed by atoms with Crippen molar-refractivity contribution in [3.63, 3.8) is 0 Å². The monoisotopic (exact) mass is 334 g/mol. The van der Waals surface area contributed by atoms with E-state index in [1.165, 1.54) is 18.9 Å². The molecule has 0 aliphatic rings. The lowest BCUT2D eigenvalue weighted by molar-refractivity contribution is -0.131. The highest BCUT2D eigenvalue weighted by molar-refractivity contribution is 7.98. The van der Waals surface area contributed by atoms with Gasteiger partial charge in [-0.1, -0.05) is 42.1 Å². The predicted octanol–water partition coefficient (Wildman–Crippen LogP) is 2.58. The lowest BCUT2D eigenvalue weighted by Gasteiger charge is -2.17. The van der Waals surface area contributed by atoms with E-state index in [4.69, 9.17) is 4.74 Å². The Labute approximate surface area is 140 Å². The molecule has 1 unspecified atom stereocenters. The number of nitrogens with one attached hydrogen (secondary N) is 1. The van der Waals surface area contributed by atoms with Crippen molar-refractivity contribution in [2.75, 3.05) is 13.4 Å². The van der Waals surface area contributed by atoms with E-state index in [1.807, 2.05) is 41.2 Å². The Morgan fingerprint density at radius 3 is 2.57 bits per heavy atom. The van der Waals surface area contributed by atoms with Crippen LogP contribution in [-0.2, 0) is 16.1 Å². The van der Waals surface area contributed by atoms with Gasteiger partial charge in [0.15, 0.2) is 17.1 Å². The summed E-state index contributed by atoms with van der Waals surface area (Å²) < 4.78 is 7.35. The van der Waals surface area contributed by atoms with Crippen LogP contribution in [0.5, 0.6) is 0 Å². The number of methoxy groups -OCH3 is 1. The molecule has 1 N–H and O–H groups in total. The number of carbonyl (C=O) groups excluding carboxylic acids is 1. The number of benzene rings is 1. The van der Waals surface area contributed by atoms with Crippen LogP contribution in [0.25, 0.3) is 0 Å². The van der Waals surface area contributed by atoms with E-state index >= 15 is 0 Å². The van der Waals surface area contributed by atoms with E-state index in [0.29, 0.717) is 6.54 Å². The third kappa shape index (κ3) is 4.11. The number of hydrogen-bond acceptors (Lipinski definition) is 5. The minimum Gasteiger partial charge on any atom is -0.367 e. The van der Waals surface area contributed by atoms with Gasteiger partial charge in [0.25, 0.3) is 5.91 Å². The van der Waals surface area contributed by atoms with Crippen molar-refractivity contribution < 1.29 is 9.53 Å². The lowest BCUT2D eigenvalue weighted by Crippen LogP contribution is -2.31. The van der Waals surface area contributed by atoms with Crippen LogP contribution in [-0.4, -0.2) is 34.0 Å². The summed E-state index contributed by atoms with van der Waals surface area (Å²) in [5.41, 5.74) is 0.822. The largest absolute Gasteiger partial charge is 0.367 e. The number of ether oxygens (including phenoxy) is 1. The summed E-state index contributed by atoms with van der Waals surface area (Å²) in [6.07, 6.45) is 1.33. The van der Waals surface area contributed by atoms with E-state index < -0.39 is 6.10 Å². The maximum atomic E-state index is 12.4. The average Bonchev–Trinajstić information content (AvgIpc) is 2.98. The van der Waals surface area contributed by atoms with E-state index in [0.717, 1.165) is 16.5 Å². The Bertz CT molecular complexity index is 643. The number of rotatable bonds is 7. The van der Waals surface area contributed by atoms with Crippen LogP contribution in [0, 0.1) is 0 Å². The molecule has 2 rings (SSSR count). The number of aromatic nitrogens is 3. The molecular weight excluding hydrogens is 312 g/mol. The second-order valence-electron chi connectivity index (χ2n) is 5.31. The molecule has 0 aliphatic carbocycles. The van der Waals surface area contributed by atoms with Crippen LogP contribution >= 0.6 is 11.8 Å². The maximum absolute atomic E-state index is 12.4. The van der Waals surface area contributed by atoms with Crippen LogP contribution in [0.15, 0.2) is 35.5 Å². The van der Waals surface area contributed by atoms with Crippen molar-refractivity contribution in [2.24, 2.45) is 0 Å². The number of amides is 1. The molecule has 0 saturated heterocycles. The van der Waals surface area contributed by atoms with Crippen molar-refractivity contribution in [3.8, 4) is 0 Å². The standard InChI is InChI=1S/C16H22N4O2S/c1-11(2)20-13(18-19-16(20)23-4)10-17-15(21)14(22-3)12-8-6-5-7-9-12/h5-9,11,14H,10H2,1-4H3,(H,17,21). The van der Waals surface area contributed by atoms with Crippen molar-refractivity contribution >= 4 is 17.7 Å². The lowest BCUT2D eigenvalue weighted by atomic mass is 10.1. The van der Waals surface area contributed by atoms with Crippen LogP contribution in [0.2, 0.25) is 0 Å². The molecule has 1 heterocycles. The Kier molecular flexibility index (Phi) is 6.18. The third-order valence-corrected chi connectivity index (χ3v) is 4.07.